The number of carbonyl (C=O) groups excluding carboxylic acids is 2. The molecule has 24 heavy (non-hydrogen) atoms. The normalized spacial score (nSPS) is 11.5. The van der Waals surface area contributed by atoms with Gasteiger partial charge in [0.2, 0.25) is 11.8 Å². The molecule has 0 saturated carbocycles. The van der Waals surface area contributed by atoms with Crippen LogP contribution in [-0.2, 0) is 15.0 Å². The van der Waals surface area contributed by atoms with E-state index in [1.54, 1.807) is 4.90 Å². The van der Waals surface area contributed by atoms with Crippen molar-refractivity contribution in [2.75, 3.05) is 38.6 Å². The summed E-state index contributed by atoms with van der Waals surface area (Å²) in [5.41, 5.74) is 2.12. The first-order valence-corrected chi connectivity index (χ1v) is 8.41. The van der Waals surface area contributed by atoms with Crippen LogP contribution in [0.3, 0.4) is 0 Å². The molecule has 5 heteroatoms. The zero-order chi connectivity index (χ0) is 18.3. The quantitative estimate of drug-likeness (QED) is 0.834. The van der Waals surface area contributed by atoms with Gasteiger partial charge < -0.3 is 15.1 Å². The van der Waals surface area contributed by atoms with E-state index >= 15 is 0 Å². The number of nitrogens with one attached hydrogen (secondary N) is 1. The van der Waals surface area contributed by atoms with E-state index in [1.807, 2.05) is 43.3 Å². The Morgan fingerprint density at radius 2 is 1.62 bits per heavy atom. The lowest BCUT2D eigenvalue weighted by Gasteiger charge is -2.24. The number of amides is 2. The third kappa shape index (κ3) is 6.71. The van der Waals surface area contributed by atoms with Gasteiger partial charge in [-0.2, -0.15) is 0 Å². The summed E-state index contributed by atoms with van der Waals surface area (Å²) in [6.07, 6.45) is 0.300. The summed E-state index contributed by atoms with van der Waals surface area (Å²) in [6, 6.07) is 7.99. The van der Waals surface area contributed by atoms with Crippen LogP contribution in [0.1, 0.15) is 39.7 Å². The second kappa shape index (κ2) is 8.83. The van der Waals surface area contributed by atoms with Crippen molar-refractivity contribution in [3.05, 3.63) is 29.8 Å². The van der Waals surface area contributed by atoms with E-state index in [1.165, 1.54) is 12.5 Å². The zero-order valence-corrected chi connectivity index (χ0v) is 15.8. The predicted octanol–water partition coefficient (Wildman–Crippen LogP) is 2.40. The lowest BCUT2D eigenvalue weighted by molar-refractivity contribution is -0.121. The highest BCUT2D eigenvalue weighted by atomic mass is 16.2. The van der Waals surface area contributed by atoms with Crippen molar-refractivity contribution in [2.24, 2.45) is 0 Å². The smallest absolute Gasteiger partial charge is 0.223 e. The fraction of sp³-hybridized carbons (Fsp3) is 0.579. The van der Waals surface area contributed by atoms with E-state index in [4.69, 9.17) is 0 Å². The molecule has 134 valence electrons. The van der Waals surface area contributed by atoms with Crippen molar-refractivity contribution in [1.82, 2.24) is 10.2 Å². The monoisotopic (exact) mass is 333 g/mol. The van der Waals surface area contributed by atoms with Crippen molar-refractivity contribution < 1.29 is 9.59 Å². The predicted molar refractivity (Wildman–Crippen MR) is 99.3 cm³/mol. The highest BCUT2D eigenvalue weighted by Gasteiger charge is 2.16. The molecular weight excluding hydrogens is 302 g/mol. The zero-order valence-electron chi connectivity index (χ0n) is 15.8. The number of likely N-dealkylation sites (N-methyl/N-ethyl adjacent to an activating group) is 1. The molecule has 0 unspecified atom stereocenters. The Balaban J connectivity index is 2.64. The molecule has 1 aromatic carbocycles. The molecule has 0 aliphatic rings. The Bertz CT molecular complexity index is 545. The van der Waals surface area contributed by atoms with Crippen molar-refractivity contribution >= 4 is 17.5 Å². The Kier molecular flexibility index (Phi) is 7.42. The van der Waals surface area contributed by atoms with Crippen LogP contribution in [-0.4, -0.2) is 50.4 Å². The SMILES string of the molecule is CC(=O)N(CCC(=O)NCCN(C)C)c1ccc(C(C)(C)C)cc1. The Labute approximate surface area is 146 Å². The van der Waals surface area contributed by atoms with Crippen molar-refractivity contribution in [3.63, 3.8) is 0 Å². The molecule has 0 heterocycles. The lowest BCUT2D eigenvalue weighted by Crippen LogP contribution is -2.36. The molecule has 0 spiro atoms. The number of hydrogen-bond donors (Lipinski definition) is 1. The van der Waals surface area contributed by atoms with Crippen LogP contribution < -0.4 is 10.2 Å². The number of rotatable bonds is 7. The molecule has 1 rings (SSSR count). The van der Waals surface area contributed by atoms with Gasteiger partial charge in [0.25, 0.3) is 0 Å². The first-order chi connectivity index (χ1) is 11.1. The molecule has 0 saturated heterocycles. The highest BCUT2D eigenvalue weighted by Crippen LogP contribution is 2.25. The number of hydrogen-bond acceptors (Lipinski definition) is 3. The molecule has 1 N–H and O–H groups in total. The van der Waals surface area contributed by atoms with Crippen LogP contribution in [0.15, 0.2) is 24.3 Å². The maximum Gasteiger partial charge on any atom is 0.223 e. The topological polar surface area (TPSA) is 52.7 Å². The lowest BCUT2D eigenvalue weighted by atomic mass is 9.87. The summed E-state index contributed by atoms with van der Waals surface area (Å²) in [6.45, 7) is 9.80. The second-order valence-electron chi connectivity index (χ2n) is 7.37. The molecule has 0 bridgehead atoms. The largest absolute Gasteiger partial charge is 0.355 e. The molecule has 0 fully saturated rings. The summed E-state index contributed by atoms with van der Waals surface area (Å²) in [5.74, 6) is -0.0889. The Hall–Kier alpha value is -1.88. The van der Waals surface area contributed by atoms with E-state index < -0.39 is 0 Å². The van der Waals surface area contributed by atoms with Gasteiger partial charge >= 0.3 is 0 Å². The molecular formula is C19H31N3O2. The van der Waals surface area contributed by atoms with Gasteiger partial charge in [0.15, 0.2) is 0 Å². The summed E-state index contributed by atoms with van der Waals surface area (Å²) in [5, 5.41) is 2.87. The molecule has 0 aromatic heterocycles. The van der Waals surface area contributed by atoms with Gasteiger partial charge in [-0.05, 0) is 37.2 Å². The van der Waals surface area contributed by atoms with Crippen LogP contribution in [0.2, 0.25) is 0 Å². The number of anilines is 1. The molecule has 0 atom stereocenters. The van der Waals surface area contributed by atoms with Gasteiger partial charge in [-0.25, -0.2) is 0 Å². The summed E-state index contributed by atoms with van der Waals surface area (Å²) in [4.78, 5) is 27.5. The van der Waals surface area contributed by atoms with Gasteiger partial charge in [0.05, 0.1) is 0 Å². The molecule has 0 radical (unpaired) electrons. The first-order valence-electron chi connectivity index (χ1n) is 8.41. The van der Waals surface area contributed by atoms with Gasteiger partial charge in [0, 0.05) is 38.7 Å². The fourth-order valence-electron chi connectivity index (χ4n) is 2.33. The first kappa shape index (κ1) is 20.2. The van der Waals surface area contributed by atoms with Gasteiger partial charge in [-0.3, -0.25) is 9.59 Å². The maximum atomic E-state index is 11.9. The van der Waals surface area contributed by atoms with Gasteiger partial charge in [-0.1, -0.05) is 32.9 Å². The standard InChI is InChI=1S/C19H31N3O2/c1-15(23)22(13-11-18(24)20-12-14-21(5)6)17-9-7-16(8-10-17)19(2,3)4/h7-10H,11-14H2,1-6H3,(H,20,24). The van der Waals surface area contributed by atoms with Crippen molar-refractivity contribution in [1.29, 1.82) is 0 Å². The number of carbonyl (C=O) groups is 2. The van der Waals surface area contributed by atoms with E-state index in [9.17, 15) is 9.59 Å². The fourth-order valence-corrected chi connectivity index (χ4v) is 2.33. The second-order valence-corrected chi connectivity index (χ2v) is 7.37. The summed E-state index contributed by atoms with van der Waals surface area (Å²) >= 11 is 0. The Morgan fingerprint density at radius 3 is 2.08 bits per heavy atom. The number of benzene rings is 1. The van der Waals surface area contributed by atoms with Crippen LogP contribution in [0.25, 0.3) is 0 Å². The van der Waals surface area contributed by atoms with E-state index in [0.717, 1.165) is 12.2 Å². The molecule has 1 aromatic rings. The average molecular weight is 333 g/mol. The minimum absolute atomic E-state index is 0.0330. The van der Waals surface area contributed by atoms with Crippen molar-refractivity contribution in [3.8, 4) is 0 Å². The summed E-state index contributed by atoms with van der Waals surface area (Å²) in [7, 11) is 3.93. The molecule has 0 aliphatic carbocycles. The van der Waals surface area contributed by atoms with Crippen molar-refractivity contribution in [2.45, 2.75) is 39.5 Å². The minimum Gasteiger partial charge on any atom is -0.355 e. The third-order valence-corrected chi connectivity index (χ3v) is 3.87. The average Bonchev–Trinajstić information content (AvgIpc) is 2.46. The van der Waals surface area contributed by atoms with Crippen LogP contribution in [0.4, 0.5) is 5.69 Å². The highest BCUT2D eigenvalue weighted by molar-refractivity contribution is 5.92. The number of nitrogens with zero attached hydrogens (tertiary/aromatic N) is 2. The van der Waals surface area contributed by atoms with Crippen LogP contribution >= 0.6 is 0 Å². The molecule has 2 amide bonds. The van der Waals surface area contributed by atoms with Crippen LogP contribution in [0, 0.1) is 0 Å². The molecule has 5 nitrogen and oxygen atoms in total. The minimum atomic E-state index is -0.0559. The summed E-state index contributed by atoms with van der Waals surface area (Å²) < 4.78 is 0. The Morgan fingerprint density at radius 1 is 1.04 bits per heavy atom. The van der Waals surface area contributed by atoms with Crippen LogP contribution in [0.5, 0.6) is 0 Å². The maximum absolute atomic E-state index is 11.9. The van der Waals surface area contributed by atoms with Gasteiger partial charge in [0.1, 0.15) is 0 Å². The van der Waals surface area contributed by atoms with E-state index in [2.05, 4.69) is 26.1 Å². The van der Waals surface area contributed by atoms with E-state index in [-0.39, 0.29) is 17.2 Å². The third-order valence-electron chi connectivity index (χ3n) is 3.87. The van der Waals surface area contributed by atoms with Gasteiger partial charge in [-0.15, -0.1) is 0 Å². The molecule has 0 aliphatic heterocycles. The van der Waals surface area contributed by atoms with E-state index in [0.29, 0.717) is 19.5 Å².